The first kappa shape index (κ1) is 10.5. The highest BCUT2D eigenvalue weighted by molar-refractivity contribution is 14.1. The second-order valence-electron chi connectivity index (χ2n) is 1.83. The Morgan fingerprint density at radius 1 is 1.45 bits per heavy atom. The van der Waals surface area contributed by atoms with E-state index in [-0.39, 0.29) is 6.54 Å². The summed E-state index contributed by atoms with van der Waals surface area (Å²) in [6, 6.07) is 0. The first-order valence-corrected chi connectivity index (χ1v) is 4.12. The lowest BCUT2D eigenvalue weighted by Crippen LogP contribution is -2.26. The molecule has 64 valence electrons. The molecule has 11 heavy (non-hydrogen) atoms. The Morgan fingerprint density at radius 2 is 2.00 bits per heavy atom. The van der Waals surface area contributed by atoms with Crippen LogP contribution in [0.3, 0.4) is 0 Å². The number of carboxylic acid groups (broad SMARTS) is 2. The van der Waals surface area contributed by atoms with E-state index in [0.29, 0.717) is 6.42 Å². The number of alkyl halides is 1. The Kier molecular flexibility index (Phi) is 4.92. The van der Waals surface area contributed by atoms with Crippen molar-refractivity contribution in [2.24, 2.45) is 0 Å². The van der Waals surface area contributed by atoms with Gasteiger partial charge in [0.15, 0.2) is 0 Å². The summed E-state index contributed by atoms with van der Waals surface area (Å²) in [5, 5.41) is 18.5. The fourth-order valence-corrected chi connectivity index (χ4v) is 0.741. The van der Waals surface area contributed by atoms with Crippen molar-refractivity contribution in [2.45, 2.75) is 10.3 Å². The topological polar surface area (TPSA) is 86.6 Å². The first-order chi connectivity index (χ1) is 5.04. The van der Waals surface area contributed by atoms with Gasteiger partial charge in [0, 0.05) is 6.54 Å². The molecular weight excluding hydrogens is 265 g/mol. The minimum atomic E-state index is -1.13. The molecule has 1 unspecified atom stereocenters. The molecule has 0 radical (unpaired) electrons. The van der Waals surface area contributed by atoms with Crippen LogP contribution in [-0.4, -0.2) is 32.7 Å². The molecule has 0 spiro atoms. The van der Waals surface area contributed by atoms with Crippen molar-refractivity contribution in [1.29, 1.82) is 0 Å². The van der Waals surface area contributed by atoms with E-state index in [2.05, 4.69) is 5.32 Å². The van der Waals surface area contributed by atoms with E-state index in [9.17, 15) is 9.59 Å². The standard InChI is InChI=1S/C5H8INO4/c6-3(4(8)9)1-2-7-5(10)11/h3,7H,1-2H2,(H,8,9)(H,10,11). The molecule has 6 heteroatoms. The Hall–Kier alpha value is -0.530. The molecule has 0 aromatic rings. The highest BCUT2D eigenvalue weighted by Crippen LogP contribution is 2.04. The Morgan fingerprint density at radius 3 is 2.36 bits per heavy atom. The maximum absolute atomic E-state index is 10.2. The third kappa shape index (κ3) is 5.89. The second kappa shape index (κ2) is 5.16. The molecule has 1 amide bonds. The third-order valence-corrected chi connectivity index (χ3v) is 2.10. The molecular formula is C5H8INO4. The molecule has 0 rings (SSSR count). The third-order valence-electron chi connectivity index (χ3n) is 0.942. The van der Waals surface area contributed by atoms with E-state index >= 15 is 0 Å². The Balaban J connectivity index is 3.39. The van der Waals surface area contributed by atoms with Crippen LogP contribution in [0.4, 0.5) is 4.79 Å². The number of hydrogen-bond acceptors (Lipinski definition) is 2. The maximum atomic E-state index is 10.2. The van der Waals surface area contributed by atoms with Gasteiger partial charge in [0.05, 0.1) is 0 Å². The maximum Gasteiger partial charge on any atom is 0.404 e. The Bertz CT molecular complexity index is 161. The van der Waals surface area contributed by atoms with Gasteiger partial charge in [-0.3, -0.25) is 4.79 Å². The van der Waals surface area contributed by atoms with Crippen LogP contribution in [0.25, 0.3) is 0 Å². The molecule has 1 atom stereocenters. The summed E-state index contributed by atoms with van der Waals surface area (Å²) in [5.41, 5.74) is 0. The SMILES string of the molecule is O=C(O)NCCC(I)C(=O)O. The summed E-state index contributed by atoms with van der Waals surface area (Å²) in [4.78, 5) is 20.1. The van der Waals surface area contributed by atoms with E-state index in [1.165, 1.54) is 0 Å². The van der Waals surface area contributed by atoms with Gasteiger partial charge < -0.3 is 15.5 Å². The zero-order chi connectivity index (χ0) is 8.85. The summed E-state index contributed by atoms with van der Waals surface area (Å²) < 4.78 is -0.528. The van der Waals surface area contributed by atoms with Crippen molar-refractivity contribution in [1.82, 2.24) is 5.32 Å². The van der Waals surface area contributed by atoms with Crippen molar-refractivity contribution >= 4 is 34.7 Å². The predicted octanol–water partition coefficient (Wildman–Crippen LogP) is 0.532. The molecule has 0 fully saturated rings. The zero-order valence-corrected chi connectivity index (χ0v) is 7.74. The molecule has 0 saturated carbocycles. The molecule has 0 aromatic heterocycles. The van der Waals surface area contributed by atoms with Gasteiger partial charge in [-0.25, -0.2) is 4.79 Å². The number of carbonyl (C=O) groups is 2. The molecule has 0 bridgehead atoms. The van der Waals surface area contributed by atoms with E-state index in [1.807, 2.05) is 0 Å². The number of amides is 1. The normalized spacial score (nSPS) is 12.1. The van der Waals surface area contributed by atoms with Crippen molar-refractivity contribution in [3.05, 3.63) is 0 Å². The second-order valence-corrected chi connectivity index (χ2v) is 3.33. The lowest BCUT2D eigenvalue weighted by Gasteiger charge is -2.02. The fraction of sp³-hybridized carbons (Fsp3) is 0.600. The van der Waals surface area contributed by atoms with Gasteiger partial charge in [-0.05, 0) is 6.42 Å². The van der Waals surface area contributed by atoms with Crippen LogP contribution in [0.2, 0.25) is 0 Å². The Labute approximate surface area is 76.9 Å². The minimum Gasteiger partial charge on any atom is -0.480 e. The van der Waals surface area contributed by atoms with Crippen molar-refractivity contribution < 1.29 is 19.8 Å². The predicted molar refractivity (Wildman–Crippen MR) is 46.1 cm³/mol. The minimum absolute atomic E-state index is 0.176. The van der Waals surface area contributed by atoms with Gasteiger partial charge >= 0.3 is 12.1 Å². The number of carboxylic acids is 1. The van der Waals surface area contributed by atoms with E-state index in [1.54, 1.807) is 22.6 Å². The van der Waals surface area contributed by atoms with Gasteiger partial charge in [0.2, 0.25) is 0 Å². The van der Waals surface area contributed by atoms with Crippen LogP contribution in [-0.2, 0) is 4.79 Å². The van der Waals surface area contributed by atoms with Crippen molar-refractivity contribution in [2.75, 3.05) is 6.54 Å². The smallest absolute Gasteiger partial charge is 0.404 e. The molecule has 0 aromatic carbocycles. The molecule has 3 N–H and O–H groups in total. The molecule has 0 aliphatic heterocycles. The van der Waals surface area contributed by atoms with Gasteiger partial charge in [0.1, 0.15) is 3.92 Å². The van der Waals surface area contributed by atoms with Crippen molar-refractivity contribution in [3.8, 4) is 0 Å². The lowest BCUT2D eigenvalue weighted by molar-refractivity contribution is -0.136. The van der Waals surface area contributed by atoms with Gasteiger partial charge in [-0.15, -0.1) is 0 Å². The fourth-order valence-electron chi connectivity index (χ4n) is 0.429. The van der Waals surface area contributed by atoms with E-state index < -0.39 is 16.0 Å². The number of nitrogens with one attached hydrogen (secondary N) is 1. The zero-order valence-electron chi connectivity index (χ0n) is 5.58. The number of hydrogen-bond donors (Lipinski definition) is 3. The first-order valence-electron chi connectivity index (χ1n) is 2.87. The number of rotatable bonds is 4. The van der Waals surface area contributed by atoms with Crippen LogP contribution in [0.15, 0.2) is 0 Å². The van der Waals surface area contributed by atoms with Crippen LogP contribution >= 0.6 is 22.6 Å². The van der Waals surface area contributed by atoms with Gasteiger partial charge in [0.25, 0.3) is 0 Å². The monoisotopic (exact) mass is 273 g/mol. The summed E-state index contributed by atoms with van der Waals surface area (Å²) in [7, 11) is 0. The molecule has 0 aliphatic rings. The molecule has 5 nitrogen and oxygen atoms in total. The number of aliphatic carboxylic acids is 1. The lowest BCUT2D eigenvalue weighted by atomic mass is 10.3. The van der Waals surface area contributed by atoms with Gasteiger partial charge in [-0.1, -0.05) is 22.6 Å². The quantitative estimate of drug-likeness (QED) is 0.515. The summed E-state index contributed by atoms with van der Waals surface area (Å²) >= 11 is 1.75. The molecule has 0 aliphatic carbocycles. The summed E-state index contributed by atoms with van der Waals surface area (Å²) in [6.07, 6.45) is -0.818. The van der Waals surface area contributed by atoms with Crippen LogP contribution in [0.1, 0.15) is 6.42 Å². The largest absolute Gasteiger partial charge is 0.480 e. The van der Waals surface area contributed by atoms with E-state index in [0.717, 1.165) is 0 Å². The van der Waals surface area contributed by atoms with Crippen LogP contribution < -0.4 is 5.32 Å². The molecule has 0 saturated heterocycles. The highest BCUT2D eigenvalue weighted by Gasteiger charge is 2.11. The van der Waals surface area contributed by atoms with Gasteiger partial charge in [-0.2, -0.15) is 0 Å². The number of halogens is 1. The van der Waals surface area contributed by atoms with Crippen LogP contribution in [0.5, 0.6) is 0 Å². The van der Waals surface area contributed by atoms with Crippen molar-refractivity contribution in [3.63, 3.8) is 0 Å². The average Bonchev–Trinajstić information content (AvgIpc) is 1.86. The summed E-state index contributed by atoms with van der Waals surface area (Å²) in [6.45, 7) is 0.176. The van der Waals surface area contributed by atoms with E-state index in [4.69, 9.17) is 10.2 Å². The highest BCUT2D eigenvalue weighted by atomic mass is 127. The van der Waals surface area contributed by atoms with Crippen LogP contribution in [0, 0.1) is 0 Å². The molecule has 0 heterocycles. The average molecular weight is 273 g/mol. The summed E-state index contributed by atoms with van der Waals surface area (Å²) in [5.74, 6) is -0.919.